The quantitative estimate of drug-likeness (QED) is 0.860. The van der Waals surface area contributed by atoms with Crippen molar-refractivity contribution in [2.24, 2.45) is 5.92 Å². The Kier molecular flexibility index (Phi) is 4.21. The molecule has 0 saturated carbocycles. The molecule has 2 heterocycles. The highest BCUT2D eigenvalue weighted by Crippen LogP contribution is 2.31. The predicted molar refractivity (Wildman–Crippen MR) is 83.6 cm³/mol. The first kappa shape index (κ1) is 14.5. The molecule has 2 N–H and O–H groups in total. The molecule has 0 aliphatic carbocycles. The van der Waals surface area contributed by atoms with Crippen LogP contribution >= 0.6 is 15.9 Å². The number of hydrogen-bond acceptors (Lipinski definition) is 5. The average Bonchev–Trinajstić information content (AvgIpc) is 2.96. The second-order valence-electron chi connectivity index (χ2n) is 5.41. The summed E-state index contributed by atoms with van der Waals surface area (Å²) in [5.41, 5.74) is 7.52. The summed E-state index contributed by atoms with van der Waals surface area (Å²) in [5, 5.41) is 12.2. The van der Waals surface area contributed by atoms with Crippen molar-refractivity contribution in [3.63, 3.8) is 0 Å². The van der Waals surface area contributed by atoms with E-state index >= 15 is 0 Å². The van der Waals surface area contributed by atoms with Crippen molar-refractivity contribution in [1.29, 1.82) is 0 Å². The third kappa shape index (κ3) is 3.08. The Morgan fingerprint density at radius 3 is 2.81 bits per heavy atom. The largest absolute Gasteiger partial charge is 0.399 e. The van der Waals surface area contributed by atoms with E-state index < -0.39 is 0 Å². The molecule has 3 rings (SSSR count). The Hall–Kier alpha value is -1.47. The molecule has 1 unspecified atom stereocenters. The van der Waals surface area contributed by atoms with E-state index in [4.69, 9.17) is 10.5 Å². The third-order valence-corrected chi connectivity index (χ3v) is 4.46. The predicted octanol–water partition coefficient (Wildman–Crippen LogP) is 2.67. The Morgan fingerprint density at radius 2 is 2.10 bits per heavy atom. The van der Waals surface area contributed by atoms with Gasteiger partial charge in [0, 0.05) is 28.9 Å². The Balaban J connectivity index is 1.92. The number of nitrogen functional groups attached to an aromatic ring is 1. The number of aromatic nitrogens is 4. The highest BCUT2D eigenvalue weighted by Gasteiger charge is 2.25. The van der Waals surface area contributed by atoms with Crippen LogP contribution in [0.25, 0.3) is 11.4 Å². The molecule has 1 saturated heterocycles. The van der Waals surface area contributed by atoms with E-state index in [0.29, 0.717) is 11.6 Å². The Bertz CT molecular complexity index is 603. The zero-order valence-electron chi connectivity index (χ0n) is 11.9. The van der Waals surface area contributed by atoms with Gasteiger partial charge in [0.05, 0.1) is 6.04 Å². The molecule has 21 heavy (non-hydrogen) atoms. The maximum absolute atomic E-state index is 5.91. The average molecular weight is 352 g/mol. The van der Waals surface area contributed by atoms with E-state index in [1.165, 1.54) is 0 Å². The molecule has 1 aromatic heterocycles. The molecule has 1 aliphatic heterocycles. The summed E-state index contributed by atoms with van der Waals surface area (Å²) in [6.45, 7) is 3.80. The molecule has 0 spiro atoms. The minimum absolute atomic E-state index is 0.235. The third-order valence-electron chi connectivity index (χ3n) is 4.01. The summed E-state index contributed by atoms with van der Waals surface area (Å²) in [5.74, 6) is 1.28. The number of rotatable bonds is 3. The number of anilines is 1. The van der Waals surface area contributed by atoms with Gasteiger partial charge in [-0.15, -0.1) is 5.10 Å². The van der Waals surface area contributed by atoms with Crippen molar-refractivity contribution >= 4 is 21.6 Å². The highest BCUT2D eigenvalue weighted by molar-refractivity contribution is 9.10. The van der Waals surface area contributed by atoms with Gasteiger partial charge >= 0.3 is 0 Å². The van der Waals surface area contributed by atoms with E-state index in [9.17, 15) is 0 Å². The van der Waals surface area contributed by atoms with Crippen LogP contribution in [-0.2, 0) is 4.74 Å². The summed E-state index contributed by atoms with van der Waals surface area (Å²) >= 11 is 3.46. The molecular weight excluding hydrogens is 334 g/mol. The van der Waals surface area contributed by atoms with Crippen molar-refractivity contribution in [3.8, 4) is 11.4 Å². The molecule has 0 radical (unpaired) electrons. The minimum atomic E-state index is 0.235. The summed E-state index contributed by atoms with van der Waals surface area (Å²) in [4.78, 5) is 0. The molecule has 2 aromatic rings. The lowest BCUT2D eigenvalue weighted by Gasteiger charge is -2.28. The van der Waals surface area contributed by atoms with Crippen LogP contribution in [0.15, 0.2) is 22.7 Å². The number of hydrogen-bond donors (Lipinski definition) is 1. The normalized spacial score (nSPS) is 17.8. The van der Waals surface area contributed by atoms with Crippen molar-refractivity contribution in [2.45, 2.75) is 25.8 Å². The molecule has 7 heteroatoms. The van der Waals surface area contributed by atoms with Gasteiger partial charge in [0.15, 0.2) is 5.82 Å². The fourth-order valence-electron chi connectivity index (χ4n) is 2.80. The van der Waals surface area contributed by atoms with Gasteiger partial charge in [0.1, 0.15) is 0 Å². The number of halogens is 1. The van der Waals surface area contributed by atoms with E-state index in [0.717, 1.165) is 41.9 Å². The first-order valence-corrected chi connectivity index (χ1v) is 7.86. The first-order valence-electron chi connectivity index (χ1n) is 7.07. The summed E-state index contributed by atoms with van der Waals surface area (Å²) in [6, 6.07) is 5.97. The number of nitrogens with zero attached hydrogens (tertiary/aromatic N) is 4. The number of ether oxygens (including phenoxy) is 1. The van der Waals surface area contributed by atoms with Gasteiger partial charge in [-0.25, -0.2) is 4.68 Å². The van der Waals surface area contributed by atoms with Gasteiger partial charge < -0.3 is 10.5 Å². The maximum atomic E-state index is 5.91. The molecule has 1 atom stereocenters. The lowest BCUT2D eigenvalue weighted by Crippen LogP contribution is -2.25. The number of tetrazole rings is 1. The van der Waals surface area contributed by atoms with Crippen LogP contribution in [0.5, 0.6) is 0 Å². The van der Waals surface area contributed by atoms with Crippen molar-refractivity contribution < 1.29 is 4.74 Å². The summed E-state index contributed by atoms with van der Waals surface area (Å²) in [7, 11) is 0. The molecule has 1 fully saturated rings. The van der Waals surface area contributed by atoms with Gasteiger partial charge in [-0.2, -0.15) is 0 Å². The van der Waals surface area contributed by atoms with Gasteiger partial charge in [-0.1, -0.05) is 15.9 Å². The molecule has 1 aliphatic rings. The van der Waals surface area contributed by atoms with Crippen LogP contribution in [0.2, 0.25) is 0 Å². The molecule has 0 bridgehead atoms. The second kappa shape index (κ2) is 6.11. The Morgan fingerprint density at radius 1 is 1.33 bits per heavy atom. The van der Waals surface area contributed by atoms with Crippen LogP contribution in [0.1, 0.15) is 25.8 Å². The van der Waals surface area contributed by atoms with Crippen molar-refractivity contribution in [2.75, 3.05) is 18.9 Å². The smallest absolute Gasteiger partial charge is 0.182 e. The van der Waals surface area contributed by atoms with Crippen LogP contribution in [-0.4, -0.2) is 33.4 Å². The van der Waals surface area contributed by atoms with Crippen molar-refractivity contribution in [3.05, 3.63) is 22.7 Å². The zero-order chi connectivity index (χ0) is 14.8. The molecular formula is C14H18BrN5O. The SMILES string of the molecule is CC(C1CCOCC1)n1nnnc1-c1cc(N)cc(Br)c1. The molecule has 1 aromatic carbocycles. The molecule has 0 amide bonds. The van der Waals surface area contributed by atoms with Crippen LogP contribution in [0.3, 0.4) is 0 Å². The highest BCUT2D eigenvalue weighted by atomic mass is 79.9. The zero-order valence-corrected chi connectivity index (χ0v) is 13.5. The monoisotopic (exact) mass is 351 g/mol. The van der Waals surface area contributed by atoms with E-state index in [1.54, 1.807) is 0 Å². The van der Waals surface area contributed by atoms with Gasteiger partial charge in [0.25, 0.3) is 0 Å². The van der Waals surface area contributed by atoms with E-state index in [1.807, 2.05) is 22.9 Å². The van der Waals surface area contributed by atoms with Gasteiger partial charge in [0.2, 0.25) is 0 Å². The van der Waals surface area contributed by atoms with Gasteiger partial charge in [-0.05, 0) is 54.3 Å². The molecule has 6 nitrogen and oxygen atoms in total. The lowest BCUT2D eigenvalue weighted by atomic mass is 9.93. The molecule has 112 valence electrons. The van der Waals surface area contributed by atoms with Crippen molar-refractivity contribution in [1.82, 2.24) is 20.2 Å². The lowest BCUT2D eigenvalue weighted by molar-refractivity contribution is 0.0495. The fraction of sp³-hybridized carbons (Fsp3) is 0.500. The summed E-state index contributed by atoms with van der Waals surface area (Å²) in [6.07, 6.45) is 2.09. The van der Waals surface area contributed by atoms with Crippen LogP contribution in [0.4, 0.5) is 5.69 Å². The van der Waals surface area contributed by atoms with Crippen LogP contribution < -0.4 is 5.73 Å². The second-order valence-corrected chi connectivity index (χ2v) is 6.33. The maximum Gasteiger partial charge on any atom is 0.182 e. The topological polar surface area (TPSA) is 78.8 Å². The van der Waals surface area contributed by atoms with Crippen LogP contribution in [0, 0.1) is 5.92 Å². The minimum Gasteiger partial charge on any atom is -0.399 e. The van der Waals surface area contributed by atoms with E-state index in [2.05, 4.69) is 38.4 Å². The number of benzene rings is 1. The first-order chi connectivity index (χ1) is 10.1. The van der Waals surface area contributed by atoms with Gasteiger partial charge in [-0.3, -0.25) is 0 Å². The number of nitrogens with two attached hydrogens (primary N) is 1. The fourth-order valence-corrected chi connectivity index (χ4v) is 3.31. The standard InChI is InChI=1S/C14H18BrN5O/c1-9(10-2-4-21-5-3-10)20-14(17-18-19-20)11-6-12(15)8-13(16)7-11/h6-10H,2-5,16H2,1H3. The van der Waals surface area contributed by atoms with E-state index in [-0.39, 0.29) is 6.04 Å². The summed E-state index contributed by atoms with van der Waals surface area (Å²) < 4.78 is 8.25. The Labute approximate surface area is 131 Å².